The van der Waals surface area contributed by atoms with Crippen LogP contribution >= 0.6 is 11.6 Å². The molecule has 34 heavy (non-hydrogen) atoms. The molecule has 0 radical (unpaired) electrons. The van der Waals surface area contributed by atoms with Crippen LogP contribution in [0.1, 0.15) is 57.6 Å². The van der Waals surface area contributed by atoms with E-state index in [0.717, 1.165) is 41.3 Å². The van der Waals surface area contributed by atoms with Crippen molar-refractivity contribution in [1.29, 1.82) is 0 Å². The number of hydrogen-bond acceptors (Lipinski definition) is 4. The van der Waals surface area contributed by atoms with Gasteiger partial charge in [-0.15, -0.1) is 0 Å². The van der Waals surface area contributed by atoms with Gasteiger partial charge in [0.05, 0.1) is 10.6 Å². The van der Waals surface area contributed by atoms with Crippen molar-refractivity contribution in [2.75, 3.05) is 10.8 Å². The highest BCUT2D eigenvalue weighted by Gasteiger charge is 2.30. The summed E-state index contributed by atoms with van der Waals surface area (Å²) in [6.07, 6.45) is 3.75. The van der Waals surface area contributed by atoms with Crippen LogP contribution in [0.5, 0.6) is 0 Å². The Bertz CT molecular complexity index is 1160. The number of aryl methyl sites for hydroxylation is 2. The highest BCUT2D eigenvalue weighted by Crippen LogP contribution is 2.36. The molecule has 1 amide bonds. The molecule has 1 fully saturated rings. The van der Waals surface area contributed by atoms with Gasteiger partial charge >= 0.3 is 0 Å². The van der Waals surface area contributed by atoms with Crippen LogP contribution < -0.4 is 9.73 Å². The van der Waals surface area contributed by atoms with E-state index in [4.69, 9.17) is 11.6 Å². The Morgan fingerprint density at radius 3 is 2.26 bits per heavy atom. The molecule has 2 aromatic rings. The number of benzene rings is 2. The minimum Gasteiger partial charge on any atom is -0.271 e. The fourth-order valence-electron chi connectivity index (χ4n) is 4.27. The number of hydrazone groups is 1. The van der Waals surface area contributed by atoms with Crippen molar-refractivity contribution in [2.45, 2.75) is 65.2 Å². The zero-order chi connectivity index (χ0) is 25.1. The third kappa shape index (κ3) is 6.39. The first-order valence-electron chi connectivity index (χ1n) is 11.6. The van der Waals surface area contributed by atoms with E-state index < -0.39 is 15.9 Å². The first-order chi connectivity index (χ1) is 15.9. The van der Waals surface area contributed by atoms with E-state index in [1.165, 1.54) is 0 Å². The molecule has 0 aromatic heterocycles. The molecule has 6 nitrogen and oxygen atoms in total. The Morgan fingerprint density at radius 1 is 1.09 bits per heavy atom. The van der Waals surface area contributed by atoms with E-state index in [-0.39, 0.29) is 16.9 Å². The standard InChI is InChI=1S/C26H34ClN3O3S/c1-18-6-13-23(14-7-18)34(32,33)30(24-15-10-21(27)16-19(24)2)17-25(31)29-28-22-11-8-20(9-12-22)26(3,4)5/h6-7,10,13-16,20H,8-9,11-12,17H2,1-5H3,(H,29,31). The van der Waals surface area contributed by atoms with Gasteiger partial charge in [-0.3, -0.25) is 9.10 Å². The monoisotopic (exact) mass is 503 g/mol. The third-order valence-corrected chi connectivity index (χ3v) is 8.46. The molecule has 1 N–H and O–H groups in total. The van der Waals surface area contributed by atoms with E-state index in [2.05, 4.69) is 31.3 Å². The molecule has 0 heterocycles. The summed E-state index contributed by atoms with van der Waals surface area (Å²) in [4.78, 5) is 13.0. The van der Waals surface area contributed by atoms with Crippen LogP contribution in [0, 0.1) is 25.2 Å². The Balaban J connectivity index is 1.81. The average Bonchev–Trinajstić information content (AvgIpc) is 2.76. The summed E-state index contributed by atoms with van der Waals surface area (Å²) in [6, 6.07) is 11.5. The highest BCUT2D eigenvalue weighted by atomic mass is 35.5. The first-order valence-corrected chi connectivity index (χ1v) is 13.4. The van der Waals surface area contributed by atoms with Crippen LogP contribution in [0.15, 0.2) is 52.5 Å². The molecule has 1 aliphatic carbocycles. The fraction of sp³-hybridized carbons (Fsp3) is 0.462. The van der Waals surface area contributed by atoms with Gasteiger partial charge in [0, 0.05) is 10.7 Å². The predicted molar refractivity (Wildman–Crippen MR) is 139 cm³/mol. The lowest BCUT2D eigenvalue weighted by Gasteiger charge is -2.34. The van der Waals surface area contributed by atoms with Gasteiger partial charge in [-0.25, -0.2) is 13.8 Å². The first kappa shape index (κ1) is 26.2. The second kappa shape index (κ2) is 10.5. The van der Waals surface area contributed by atoms with E-state index in [0.29, 0.717) is 22.2 Å². The molecule has 1 saturated carbocycles. The van der Waals surface area contributed by atoms with E-state index in [9.17, 15) is 13.2 Å². The number of rotatable bonds is 6. The molecular formula is C26H34ClN3O3S. The van der Waals surface area contributed by atoms with Gasteiger partial charge in [0.1, 0.15) is 6.54 Å². The molecule has 8 heteroatoms. The summed E-state index contributed by atoms with van der Waals surface area (Å²) in [5, 5.41) is 4.82. The number of hydrogen-bond donors (Lipinski definition) is 1. The number of amides is 1. The number of nitrogens with one attached hydrogen (secondary N) is 1. The molecule has 0 spiro atoms. The normalized spacial score (nSPS) is 16.8. The number of carbonyl (C=O) groups excluding carboxylic acids is 1. The zero-order valence-electron chi connectivity index (χ0n) is 20.6. The molecule has 0 saturated heterocycles. The summed E-state index contributed by atoms with van der Waals surface area (Å²) in [5.74, 6) is 0.139. The lowest BCUT2D eigenvalue weighted by atomic mass is 9.72. The molecule has 0 atom stereocenters. The topological polar surface area (TPSA) is 78.8 Å². The summed E-state index contributed by atoms with van der Waals surface area (Å²) < 4.78 is 28.2. The summed E-state index contributed by atoms with van der Waals surface area (Å²) in [5.41, 5.74) is 5.80. The molecule has 1 aliphatic rings. The Labute approximate surface area is 208 Å². The number of anilines is 1. The second-order valence-corrected chi connectivity index (χ2v) is 12.4. The van der Waals surface area contributed by atoms with Crippen LogP contribution in [0.4, 0.5) is 5.69 Å². The van der Waals surface area contributed by atoms with Crippen LogP contribution in [0.3, 0.4) is 0 Å². The van der Waals surface area contributed by atoms with Crippen molar-refractivity contribution in [3.8, 4) is 0 Å². The number of halogens is 1. The zero-order valence-corrected chi connectivity index (χ0v) is 22.1. The molecule has 2 aromatic carbocycles. The lowest BCUT2D eigenvalue weighted by Crippen LogP contribution is -2.40. The van der Waals surface area contributed by atoms with Gasteiger partial charge in [-0.2, -0.15) is 5.10 Å². The van der Waals surface area contributed by atoms with E-state index in [1.807, 2.05) is 6.92 Å². The number of carbonyl (C=O) groups is 1. The molecule has 184 valence electrons. The van der Waals surface area contributed by atoms with Gasteiger partial charge < -0.3 is 0 Å². The Hall–Kier alpha value is -2.38. The quantitative estimate of drug-likeness (QED) is 0.501. The van der Waals surface area contributed by atoms with Crippen molar-refractivity contribution in [1.82, 2.24) is 5.43 Å². The van der Waals surface area contributed by atoms with Gasteiger partial charge in [-0.05, 0) is 86.8 Å². The number of sulfonamides is 1. The Morgan fingerprint density at radius 2 is 1.71 bits per heavy atom. The summed E-state index contributed by atoms with van der Waals surface area (Å²) in [7, 11) is -3.99. The lowest BCUT2D eigenvalue weighted by molar-refractivity contribution is -0.119. The highest BCUT2D eigenvalue weighted by molar-refractivity contribution is 7.92. The van der Waals surface area contributed by atoms with Crippen LogP contribution in [-0.4, -0.2) is 26.6 Å². The van der Waals surface area contributed by atoms with Crippen molar-refractivity contribution in [2.24, 2.45) is 16.4 Å². The van der Waals surface area contributed by atoms with Gasteiger partial charge in [0.25, 0.3) is 15.9 Å². The van der Waals surface area contributed by atoms with Gasteiger partial charge in [0.2, 0.25) is 0 Å². The predicted octanol–water partition coefficient (Wildman–Crippen LogP) is 5.86. The van der Waals surface area contributed by atoms with Crippen LogP contribution in [-0.2, 0) is 14.8 Å². The molecular weight excluding hydrogens is 470 g/mol. The summed E-state index contributed by atoms with van der Waals surface area (Å²) in [6.45, 7) is 10.0. The third-order valence-electron chi connectivity index (χ3n) is 6.45. The van der Waals surface area contributed by atoms with Gasteiger partial charge in [-0.1, -0.05) is 50.1 Å². The van der Waals surface area contributed by atoms with Crippen LogP contribution in [0.2, 0.25) is 5.02 Å². The maximum atomic E-state index is 13.5. The fourth-order valence-corrected chi connectivity index (χ4v) is 5.98. The molecule has 0 bridgehead atoms. The SMILES string of the molecule is Cc1ccc(S(=O)(=O)N(CC(=O)NN=C2CCC(C(C)(C)C)CC2)c2ccc(Cl)cc2C)cc1. The van der Waals surface area contributed by atoms with Crippen molar-refractivity contribution >= 4 is 38.9 Å². The minimum atomic E-state index is -3.99. The maximum absolute atomic E-state index is 13.5. The van der Waals surface area contributed by atoms with Crippen molar-refractivity contribution in [3.05, 3.63) is 58.6 Å². The Kier molecular flexibility index (Phi) is 8.09. The van der Waals surface area contributed by atoms with E-state index >= 15 is 0 Å². The summed E-state index contributed by atoms with van der Waals surface area (Å²) >= 11 is 6.09. The van der Waals surface area contributed by atoms with Gasteiger partial charge in [0.15, 0.2) is 0 Å². The van der Waals surface area contributed by atoms with E-state index in [1.54, 1.807) is 49.4 Å². The second-order valence-electron chi connectivity index (χ2n) is 10.1. The molecule has 3 rings (SSSR count). The number of nitrogens with zero attached hydrogens (tertiary/aromatic N) is 2. The van der Waals surface area contributed by atoms with Crippen LogP contribution in [0.25, 0.3) is 0 Å². The largest absolute Gasteiger partial charge is 0.271 e. The molecule has 0 aliphatic heterocycles. The van der Waals surface area contributed by atoms with Crippen molar-refractivity contribution < 1.29 is 13.2 Å². The smallest absolute Gasteiger partial charge is 0.264 e. The average molecular weight is 504 g/mol. The molecule has 0 unspecified atom stereocenters. The van der Waals surface area contributed by atoms with Crippen molar-refractivity contribution in [3.63, 3.8) is 0 Å². The minimum absolute atomic E-state index is 0.118. The maximum Gasteiger partial charge on any atom is 0.264 e.